The Morgan fingerprint density at radius 1 is 1.45 bits per heavy atom. The Kier molecular flexibility index (Phi) is 2.19. The molecule has 1 aromatic carbocycles. The Bertz CT molecular complexity index is 303. The lowest BCUT2D eigenvalue weighted by Crippen LogP contribution is -1.85. The van der Waals surface area contributed by atoms with E-state index < -0.39 is 5.82 Å². The van der Waals surface area contributed by atoms with E-state index in [0.29, 0.717) is 5.56 Å². The van der Waals surface area contributed by atoms with Crippen LogP contribution in [0.25, 0.3) is 0 Å². The van der Waals surface area contributed by atoms with Gasteiger partial charge in [0.1, 0.15) is 12.4 Å². The van der Waals surface area contributed by atoms with E-state index in [2.05, 4.69) is 0 Å². The molecule has 0 amide bonds. The zero-order valence-electron chi connectivity index (χ0n) is 5.58. The molecule has 1 aromatic rings. The number of hydrogen-bond donors (Lipinski definition) is 1. The van der Waals surface area contributed by atoms with Crippen molar-refractivity contribution >= 4 is 0 Å². The molecule has 0 saturated carbocycles. The van der Waals surface area contributed by atoms with Gasteiger partial charge in [-0.25, -0.2) is 4.39 Å². The number of benzene rings is 1. The summed E-state index contributed by atoms with van der Waals surface area (Å²) in [7, 11) is 0. The van der Waals surface area contributed by atoms with Crippen molar-refractivity contribution < 1.29 is 9.50 Å². The van der Waals surface area contributed by atoms with Crippen LogP contribution in [-0.4, -0.2) is 5.11 Å². The number of nitrogens with zero attached hydrogens (tertiary/aromatic N) is 1. The van der Waals surface area contributed by atoms with E-state index in [9.17, 15) is 4.39 Å². The second kappa shape index (κ2) is 3.13. The molecule has 0 aromatic heterocycles. The fourth-order valence-electron chi connectivity index (χ4n) is 0.751. The maximum atomic E-state index is 12.5. The van der Waals surface area contributed by atoms with E-state index in [4.69, 9.17) is 10.4 Å². The molecule has 1 rings (SSSR count). The Balaban J connectivity index is 3.15. The van der Waals surface area contributed by atoms with Gasteiger partial charge in [-0.3, -0.25) is 0 Å². The van der Waals surface area contributed by atoms with Gasteiger partial charge < -0.3 is 5.11 Å². The van der Waals surface area contributed by atoms with Crippen LogP contribution in [0.4, 0.5) is 4.39 Å². The number of aliphatic hydroxyl groups excluding tert-OH is 1. The zero-order valence-corrected chi connectivity index (χ0v) is 5.58. The van der Waals surface area contributed by atoms with E-state index in [0.717, 1.165) is 18.7 Å². The third kappa shape index (κ3) is 1.76. The molecule has 0 unspecified atom stereocenters. The Morgan fingerprint density at radius 3 is 2.73 bits per heavy atom. The molecule has 3 heteroatoms. The third-order valence-corrected chi connectivity index (χ3v) is 1.20. The van der Waals surface area contributed by atoms with Crippen molar-refractivity contribution in [3.8, 4) is 6.07 Å². The number of halogens is 1. The number of hydrogen-bond acceptors (Lipinski definition) is 2. The molecule has 0 aliphatic heterocycles. The minimum Gasteiger partial charge on any atom is -0.385 e. The van der Waals surface area contributed by atoms with Crippen molar-refractivity contribution in [2.45, 2.75) is 0 Å². The first-order valence-corrected chi connectivity index (χ1v) is 2.94. The maximum absolute atomic E-state index is 12.5. The normalized spacial score (nSPS) is 9.18. The first-order valence-electron chi connectivity index (χ1n) is 2.94. The highest BCUT2D eigenvalue weighted by Gasteiger charge is 1.98. The third-order valence-electron chi connectivity index (χ3n) is 1.20. The fraction of sp³-hybridized carbons (Fsp3) is 0. The van der Waals surface area contributed by atoms with Crippen LogP contribution in [0, 0.1) is 23.8 Å². The Labute approximate surface area is 63.5 Å². The van der Waals surface area contributed by atoms with E-state index in [1.165, 1.54) is 6.07 Å². The van der Waals surface area contributed by atoms with Crippen molar-refractivity contribution in [2.75, 3.05) is 0 Å². The Morgan fingerprint density at radius 2 is 2.18 bits per heavy atom. The van der Waals surface area contributed by atoms with Gasteiger partial charge >= 0.3 is 0 Å². The lowest BCUT2D eigenvalue weighted by Gasteiger charge is -1.95. The summed E-state index contributed by atoms with van der Waals surface area (Å²) < 4.78 is 12.5. The van der Waals surface area contributed by atoms with Crippen LogP contribution in [0.1, 0.15) is 11.1 Å². The number of aliphatic hydroxyl groups is 1. The summed E-state index contributed by atoms with van der Waals surface area (Å²) in [5, 5.41) is 16.9. The molecule has 0 atom stereocenters. The van der Waals surface area contributed by atoms with Gasteiger partial charge in [-0.15, -0.1) is 0 Å². The average molecular weight is 150 g/mol. The molecule has 1 N–H and O–H groups in total. The Hall–Kier alpha value is -1.40. The van der Waals surface area contributed by atoms with Gasteiger partial charge in [0.15, 0.2) is 0 Å². The van der Waals surface area contributed by atoms with Crippen LogP contribution in [0.15, 0.2) is 18.2 Å². The topological polar surface area (TPSA) is 44.0 Å². The average Bonchev–Trinajstić information content (AvgIpc) is 2.03. The molecule has 1 radical (unpaired) electrons. The predicted octanol–water partition coefficient (Wildman–Crippen LogP) is 1.58. The van der Waals surface area contributed by atoms with Gasteiger partial charge in [0.2, 0.25) is 0 Å². The molecule has 0 fully saturated rings. The SMILES string of the molecule is N#Cc1cc(F)cc([CH]O)c1. The fourth-order valence-corrected chi connectivity index (χ4v) is 0.751. The maximum Gasteiger partial charge on any atom is 0.124 e. The molecular formula is C8H5FNO. The van der Waals surface area contributed by atoms with Crippen LogP contribution >= 0.6 is 0 Å². The van der Waals surface area contributed by atoms with Gasteiger partial charge in [-0.1, -0.05) is 0 Å². The molecule has 0 bridgehead atoms. The van der Waals surface area contributed by atoms with Gasteiger partial charge in [0.05, 0.1) is 11.6 Å². The molecule has 0 aliphatic rings. The standard InChI is InChI=1S/C8H5FNO/c9-8-2-6(4-10)1-7(3-8)5-11/h1-3,5,11H. The molecule has 0 aliphatic carbocycles. The summed E-state index contributed by atoms with van der Waals surface area (Å²) in [6.45, 7) is 0.754. The van der Waals surface area contributed by atoms with Gasteiger partial charge in [-0.05, 0) is 23.8 Å². The minimum absolute atomic E-state index is 0.199. The quantitative estimate of drug-likeness (QED) is 0.660. The summed E-state index contributed by atoms with van der Waals surface area (Å²) in [6, 6.07) is 5.41. The largest absolute Gasteiger partial charge is 0.385 e. The highest BCUT2D eigenvalue weighted by Crippen LogP contribution is 2.08. The van der Waals surface area contributed by atoms with Crippen molar-refractivity contribution in [1.82, 2.24) is 0 Å². The van der Waals surface area contributed by atoms with E-state index >= 15 is 0 Å². The summed E-state index contributed by atoms with van der Waals surface area (Å²) in [5.74, 6) is -0.524. The van der Waals surface area contributed by atoms with Crippen LogP contribution in [0.5, 0.6) is 0 Å². The van der Waals surface area contributed by atoms with Crippen LogP contribution < -0.4 is 0 Å². The smallest absolute Gasteiger partial charge is 0.124 e. The highest BCUT2D eigenvalue weighted by molar-refractivity contribution is 5.35. The summed E-state index contributed by atoms with van der Waals surface area (Å²) in [6.07, 6.45) is 0. The summed E-state index contributed by atoms with van der Waals surface area (Å²) in [5.41, 5.74) is 0.492. The second-order valence-electron chi connectivity index (χ2n) is 2.01. The molecule has 2 nitrogen and oxygen atoms in total. The van der Waals surface area contributed by atoms with Crippen LogP contribution in [0.3, 0.4) is 0 Å². The minimum atomic E-state index is -0.524. The molecule has 55 valence electrons. The van der Waals surface area contributed by atoms with Gasteiger partial charge in [0, 0.05) is 0 Å². The first kappa shape index (κ1) is 7.70. The van der Waals surface area contributed by atoms with Crippen molar-refractivity contribution in [2.24, 2.45) is 0 Å². The predicted molar refractivity (Wildman–Crippen MR) is 36.5 cm³/mol. The molecule has 0 heterocycles. The van der Waals surface area contributed by atoms with E-state index in [1.54, 1.807) is 6.07 Å². The monoisotopic (exact) mass is 150 g/mol. The van der Waals surface area contributed by atoms with Crippen LogP contribution in [-0.2, 0) is 0 Å². The highest BCUT2D eigenvalue weighted by atomic mass is 19.1. The summed E-state index contributed by atoms with van der Waals surface area (Å²) in [4.78, 5) is 0. The molecular weight excluding hydrogens is 145 g/mol. The molecule has 0 spiro atoms. The van der Waals surface area contributed by atoms with Crippen molar-refractivity contribution in [3.63, 3.8) is 0 Å². The van der Waals surface area contributed by atoms with E-state index in [-0.39, 0.29) is 5.56 Å². The van der Waals surface area contributed by atoms with E-state index in [1.807, 2.05) is 0 Å². The summed E-state index contributed by atoms with van der Waals surface area (Å²) >= 11 is 0. The lowest BCUT2D eigenvalue weighted by molar-refractivity contribution is 0.414. The van der Waals surface area contributed by atoms with Gasteiger partial charge in [0.25, 0.3) is 0 Å². The number of rotatable bonds is 1. The molecule has 11 heavy (non-hydrogen) atoms. The van der Waals surface area contributed by atoms with Crippen LogP contribution in [0.2, 0.25) is 0 Å². The lowest BCUT2D eigenvalue weighted by atomic mass is 10.1. The second-order valence-corrected chi connectivity index (χ2v) is 2.01. The van der Waals surface area contributed by atoms with Crippen molar-refractivity contribution in [1.29, 1.82) is 5.26 Å². The zero-order chi connectivity index (χ0) is 8.27. The van der Waals surface area contributed by atoms with Crippen molar-refractivity contribution in [3.05, 3.63) is 41.8 Å². The number of nitriles is 1. The first-order chi connectivity index (χ1) is 5.26. The van der Waals surface area contributed by atoms with Gasteiger partial charge in [-0.2, -0.15) is 5.26 Å². The molecule has 0 saturated heterocycles.